The molecule has 0 radical (unpaired) electrons. The molecule has 0 spiro atoms. The van der Waals surface area contributed by atoms with Crippen molar-refractivity contribution in [3.63, 3.8) is 0 Å². The number of carbonyl (C=O) groups is 1. The maximum Gasteiger partial charge on any atom is 0.227 e. The zero-order valence-corrected chi connectivity index (χ0v) is 9.35. The second-order valence-corrected chi connectivity index (χ2v) is 3.71. The molecule has 0 saturated heterocycles. The molecule has 4 N–H and O–H groups in total. The first-order chi connectivity index (χ1) is 6.44. The number of rotatable bonds is 4. The van der Waals surface area contributed by atoms with Gasteiger partial charge in [-0.1, -0.05) is 0 Å². The van der Waals surface area contributed by atoms with Gasteiger partial charge < -0.3 is 16.4 Å². The average molecular weight is 200 g/mol. The lowest BCUT2D eigenvalue weighted by Gasteiger charge is -2.23. The summed E-state index contributed by atoms with van der Waals surface area (Å²) in [5.74, 6) is 0.360. The van der Waals surface area contributed by atoms with Crippen molar-refractivity contribution in [3.8, 4) is 0 Å². The number of nitrogens with two attached hydrogens (primary N) is 1. The van der Waals surface area contributed by atoms with Crippen LogP contribution in [0.4, 0.5) is 0 Å². The zero-order chi connectivity index (χ0) is 11.2. The third kappa shape index (κ3) is 4.11. The average Bonchev–Trinajstić information content (AvgIpc) is 2.14. The van der Waals surface area contributed by atoms with Gasteiger partial charge in [0.25, 0.3) is 0 Å². The summed E-state index contributed by atoms with van der Waals surface area (Å²) in [6.45, 7) is 6.72. The highest BCUT2D eigenvalue weighted by Gasteiger charge is 2.26. The Hall–Kier alpha value is -1.26. The van der Waals surface area contributed by atoms with Crippen LogP contribution in [-0.2, 0) is 4.79 Å². The molecule has 0 heterocycles. The van der Waals surface area contributed by atoms with Gasteiger partial charge in [0.05, 0.1) is 5.41 Å². The number of aliphatic imine (C=N–C) groups is 1. The highest BCUT2D eigenvalue weighted by Crippen LogP contribution is 2.12. The fourth-order valence-corrected chi connectivity index (χ4v) is 0.871. The Morgan fingerprint density at radius 3 is 2.43 bits per heavy atom. The van der Waals surface area contributed by atoms with E-state index >= 15 is 0 Å². The molecule has 0 aliphatic carbocycles. The molecule has 0 rings (SSSR count). The normalized spacial score (nSPS) is 12.4. The molecule has 5 nitrogen and oxygen atoms in total. The number of carbonyl (C=O) groups excluding carboxylic acids is 1. The Labute approximate surface area is 85.2 Å². The predicted octanol–water partition coefficient (Wildman–Crippen LogP) is -0.317. The van der Waals surface area contributed by atoms with E-state index in [0.717, 1.165) is 0 Å². The van der Waals surface area contributed by atoms with Crippen LogP contribution < -0.4 is 16.4 Å². The van der Waals surface area contributed by atoms with Crippen molar-refractivity contribution < 1.29 is 4.79 Å². The van der Waals surface area contributed by atoms with Crippen molar-refractivity contribution in [1.82, 2.24) is 10.6 Å². The van der Waals surface area contributed by atoms with Crippen LogP contribution in [-0.4, -0.2) is 32.0 Å². The summed E-state index contributed by atoms with van der Waals surface area (Å²) < 4.78 is 0. The Kier molecular flexibility index (Phi) is 4.97. The summed E-state index contributed by atoms with van der Waals surface area (Å²) in [7, 11) is 1.60. The van der Waals surface area contributed by atoms with Crippen LogP contribution >= 0.6 is 0 Å². The van der Waals surface area contributed by atoms with Gasteiger partial charge in [-0.15, -0.1) is 0 Å². The van der Waals surface area contributed by atoms with Crippen molar-refractivity contribution in [2.45, 2.75) is 20.8 Å². The van der Waals surface area contributed by atoms with Gasteiger partial charge in [-0.25, -0.2) is 0 Å². The van der Waals surface area contributed by atoms with E-state index in [4.69, 9.17) is 5.73 Å². The first-order valence-electron chi connectivity index (χ1n) is 4.68. The largest absolute Gasteiger partial charge is 0.370 e. The van der Waals surface area contributed by atoms with Crippen LogP contribution in [0.2, 0.25) is 0 Å². The topological polar surface area (TPSA) is 79.5 Å². The first kappa shape index (κ1) is 12.7. The van der Waals surface area contributed by atoms with Gasteiger partial charge in [-0.05, 0) is 20.8 Å². The highest BCUT2D eigenvalue weighted by atomic mass is 16.2. The van der Waals surface area contributed by atoms with Gasteiger partial charge in [0.2, 0.25) is 5.91 Å². The molecular weight excluding hydrogens is 180 g/mol. The van der Waals surface area contributed by atoms with Crippen molar-refractivity contribution in [1.29, 1.82) is 0 Å². The summed E-state index contributed by atoms with van der Waals surface area (Å²) in [6, 6.07) is 0. The molecule has 0 fully saturated rings. The molecule has 14 heavy (non-hydrogen) atoms. The van der Waals surface area contributed by atoms with Crippen LogP contribution in [0.3, 0.4) is 0 Å². The summed E-state index contributed by atoms with van der Waals surface area (Å²) in [5, 5.41) is 5.65. The second kappa shape index (κ2) is 5.47. The van der Waals surface area contributed by atoms with Crippen molar-refractivity contribution >= 4 is 11.9 Å². The third-order valence-electron chi connectivity index (χ3n) is 1.90. The van der Waals surface area contributed by atoms with Crippen LogP contribution in [0.25, 0.3) is 0 Å². The quantitative estimate of drug-likeness (QED) is 0.430. The van der Waals surface area contributed by atoms with Gasteiger partial charge in [0.1, 0.15) is 0 Å². The minimum absolute atomic E-state index is 0.0106. The lowest BCUT2D eigenvalue weighted by molar-refractivity contribution is -0.128. The van der Waals surface area contributed by atoms with E-state index < -0.39 is 5.41 Å². The first-order valence-corrected chi connectivity index (χ1v) is 4.68. The van der Waals surface area contributed by atoms with E-state index in [9.17, 15) is 4.79 Å². The van der Waals surface area contributed by atoms with Gasteiger partial charge in [-0.2, -0.15) is 0 Å². The monoisotopic (exact) mass is 200 g/mol. The molecule has 0 aliphatic heterocycles. The molecule has 0 saturated carbocycles. The molecule has 0 aromatic rings. The van der Waals surface area contributed by atoms with E-state index in [-0.39, 0.29) is 5.91 Å². The van der Waals surface area contributed by atoms with Crippen molar-refractivity contribution in [3.05, 3.63) is 0 Å². The Morgan fingerprint density at radius 2 is 2.00 bits per heavy atom. The molecule has 82 valence electrons. The lowest BCUT2D eigenvalue weighted by atomic mass is 9.92. The molecule has 0 aromatic carbocycles. The summed E-state index contributed by atoms with van der Waals surface area (Å²) >= 11 is 0. The van der Waals surface area contributed by atoms with E-state index in [1.807, 2.05) is 20.8 Å². The summed E-state index contributed by atoms with van der Waals surface area (Å²) in [6.07, 6.45) is 0. The predicted molar refractivity (Wildman–Crippen MR) is 58.0 cm³/mol. The smallest absolute Gasteiger partial charge is 0.227 e. The summed E-state index contributed by atoms with van der Waals surface area (Å²) in [5.41, 5.74) is 4.98. The van der Waals surface area contributed by atoms with E-state index in [1.54, 1.807) is 7.05 Å². The minimum Gasteiger partial charge on any atom is -0.370 e. The third-order valence-corrected chi connectivity index (χ3v) is 1.90. The zero-order valence-electron chi connectivity index (χ0n) is 9.35. The molecule has 1 amide bonds. The Morgan fingerprint density at radius 1 is 1.43 bits per heavy atom. The molecule has 0 bridgehead atoms. The van der Waals surface area contributed by atoms with E-state index in [2.05, 4.69) is 15.6 Å². The molecule has 0 aromatic heterocycles. The highest BCUT2D eigenvalue weighted by molar-refractivity contribution is 5.83. The standard InChI is InChI=1S/C9H20N4O/c1-5-12-7(14)9(2,3)6-13-8(10)11-4/h5-6H2,1-4H3,(H,12,14)(H3,10,11,13). The fraction of sp³-hybridized carbons (Fsp3) is 0.778. The summed E-state index contributed by atoms with van der Waals surface area (Å²) in [4.78, 5) is 15.3. The molecule has 0 atom stereocenters. The fourth-order valence-electron chi connectivity index (χ4n) is 0.871. The Bertz CT molecular complexity index is 223. The SMILES string of the molecule is CCNC(=O)C(C)(C)CNC(N)=NC. The van der Waals surface area contributed by atoms with Crippen molar-refractivity contribution in [2.75, 3.05) is 20.1 Å². The maximum atomic E-state index is 11.5. The number of amides is 1. The molecule has 0 aliphatic rings. The van der Waals surface area contributed by atoms with E-state index in [0.29, 0.717) is 19.0 Å². The van der Waals surface area contributed by atoms with E-state index in [1.165, 1.54) is 0 Å². The lowest BCUT2D eigenvalue weighted by Crippen LogP contribution is -2.46. The number of nitrogens with zero attached hydrogens (tertiary/aromatic N) is 1. The Balaban J connectivity index is 4.13. The molecule has 0 unspecified atom stereocenters. The van der Waals surface area contributed by atoms with Crippen LogP contribution in [0, 0.1) is 5.41 Å². The number of hydrogen-bond donors (Lipinski definition) is 3. The number of nitrogens with one attached hydrogen (secondary N) is 2. The number of guanidine groups is 1. The molecular formula is C9H20N4O. The minimum atomic E-state index is -0.481. The number of hydrogen-bond acceptors (Lipinski definition) is 2. The van der Waals surface area contributed by atoms with Crippen LogP contribution in [0.15, 0.2) is 4.99 Å². The van der Waals surface area contributed by atoms with Gasteiger partial charge in [-0.3, -0.25) is 9.79 Å². The van der Waals surface area contributed by atoms with Crippen LogP contribution in [0.1, 0.15) is 20.8 Å². The van der Waals surface area contributed by atoms with Crippen molar-refractivity contribution in [2.24, 2.45) is 16.1 Å². The van der Waals surface area contributed by atoms with Gasteiger partial charge >= 0.3 is 0 Å². The second-order valence-electron chi connectivity index (χ2n) is 3.71. The maximum absolute atomic E-state index is 11.5. The molecule has 5 heteroatoms. The van der Waals surface area contributed by atoms with Crippen LogP contribution in [0.5, 0.6) is 0 Å². The van der Waals surface area contributed by atoms with Gasteiger partial charge in [0, 0.05) is 20.1 Å². The van der Waals surface area contributed by atoms with Gasteiger partial charge in [0.15, 0.2) is 5.96 Å².